The molecule has 3 heteroatoms. The lowest BCUT2D eigenvalue weighted by molar-refractivity contribution is 0.0601. The lowest BCUT2D eigenvalue weighted by Gasteiger charge is -2.24. The van der Waals surface area contributed by atoms with Gasteiger partial charge in [-0.2, -0.15) is 0 Å². The Bertz CT molecular complexity index is 460. The Balaban J connectivity index is 1.71. The van der Waals surface area contributed by atoms with Crippen molar-refractivity contribution in [1.29, 1.82) is 0 Å². The number of hydrogen-bond acceptors (Lipinski definition) is 3. The second kappa shape index (κ2) is 4.87. The third-order valence-corrected chi connectivity index (χ3v) is 4.76. The summed E-state index contributed by atoms with van der Waals surface area (Å²) in [7, 11) is 1.42. The molecule has 1 aromatic rings. The molecule has 0 aromatic heterocycles. The molecule has 1 aliphatic carbocycles. The van der Waals surface area contributed by atoms with Crippen LogP contribution in [-0.4, -0.2) is 26.2 Å². The van der Waals surface area contributed by atoms with Crippen LogP contribution < -0.4 is 4.90 Å². The largest absolute Gasteiger partial charge is 0.465 e. The first kappa shape index (κ1) is 12.5. The summed E-state index contributed by atoms with van der Waals surface area (Å²) in [5.74, 6) is -0.264. The fourth-order valence-corrected chi connectivity index (χ4v) is 3.61. The van der Waals surface area contributed by atoms with Gasteiger partial charge in [0.1, 0.15) is 0 Å². The molecule has 19 heavy (non-hydrogen) atoms. The van der Waals surface area contributed by atoms with Crippen LogP contribution in [0.4, 0.5) is 5.69 Å². The summed E-state index contributed by atoms with van der Waals surface area (Å²) in [6.45, 7) is 2.34. The highest BCUT2D eigenvalue weighted by Gasteiger charge is 2.40. The van der Waals surface area contributed by atoms with Crippen LogP contribution in [0.2, 0.25) is 0 Å². The minimum Gasteiger partial charge on any atom is -0.465 e. The van der Waals surface area contributed by atoms with Gasteiger partial charge in [-0.15, -0.1) is 0 Å². The van der Waals surface area contributed by atoms with Gasteiger partial charge in [0.05, 0.1) is 12.7 Å². The number of carbonyl (C=O) groups excluding carboxylic acids is 1. The van der Waals surface area contributed by atoms with Crippen LogP contribution in [0.3, 0.4) is 0 Å². The zero-order valence-corrected chi connectivity index (χ0v) is 11.5. The van der Waals surface area contributed by atoms with Crippen LogP contribution in [0.15, 0.2) is 24.3 Å². The Morgan fingerprint density at radius 1 is 1.16 bits per heavy atom. The first-order valence-electron chi connectivity index (χ1n) is 7.16. The van der Waals surface area contributed by atoms with E-state index in [0.717, 1.165) is 6.54 Å². The Morgan fingerprint density at radius 2 is 1.84 bits per heavy atom. The lowest BCUT2D eigenvalue weighted by Crippen LogP contribution is -2.24. The summed E-state index contributed by atoms with van der Waals surface area (Å²) in [4.78, 5) is 13.9. The van der Waals surface area contributed by atoms with Gasteiger partial charge in [-0.25, -0.2) is 4.79 Å². The molecule has 0 atom stereocenters. The summed E-state index contributed by atoms with van der Waals surface area (Å²) < 4.78 is 4.73. The highest BCUT2D eigenvalue weighted by Crippen LogP contribution is 2.46. The number of benzene rings is 1. The molecule has 1 aromatic carbocycles. The molecule has 1 heterocycles. The molecule has 0 N–H and O–H groups in total. The number of carbonyl (C=O) groups is 1. The third kappa shape index (κ3) is 2.34. The van der Waals surface area contributed by atoms with E-state index >= 15 is 0 Å². The van der Waals surface area contributed by atoms with Crippen molar-refractivity contribution in [1.82, 2.24) is 0 Å². The third-order valence-electron chi connectivity index (χ3n) is 4.76. The van der Waals surface area contributed by atoms with E-state index in [0.29, 0.717) is 11.0 Å². The monoisotopic (exact) mass is 259 g/mol. The standard InChI is InChI=1S/C16H21NO2/c1-19-15(18)13-4-6-14(7-5-13)17-11-10-16(12-17)8-2-3-9-16/h4-7H,2-3,8-12H2,1H3. The molecule has 1 spiro atoms. The van der Waals surface area contributed by atoms with Gasteiger partial charge in [-0.3, -0.25) is 0 Å². The average molecular weight is 259 g/mol. The second-order valence-electron chi connectivity index (χ2n) is 5.92. The minimum atomic E-state index is -0.264. The van der Waals surface area contributed by atoms with Gasteiger partial charge in [-0.05, 0) is 48.9 Å². The number of hydrogen-bond donors (Lipinski definition) is 0. The Kier molecular flexibility index (Phi) is 3.21. The van der Waals surface area contributed by atoms with Gasteiger partial charge in [0.2, 0.25) is 0 Å². The molecule has 3 nitrogen and oxygen atoms in total. The molecule has 0 unspecified atom stereocenters. The maximum atomic E-state index is 11.4. The summed E-state index contributed by atoms with van der Waals surface area (Å²) in [6.07, 6.45) is 6.91. The molecule has 2 fully saturated rings. The van der Waals surface area contributed by atoms with E-state index in [4.69, 9.17) is 4.74 Å². The molecule has 1 saturated heterocycles. The van der Waals surface area contributed by atoms with Crippen molar-refractivity contribution in [2.45, 2.75) is 32.1 Å². The van der Waals surface area contributed by atoms with Crippen LogP contribution in [0.25, 0.3) is 0 Å². The van der Waals surface area contributed by atoms with Gasteiger partial charge in [0.15, 0.2) is 0 Å². The maximum Gasteiger partial charge on any atom is 0.337 e. The summed E-state index contributed by atoms with van der Waals surface area (Å²) in [6, 6.07) is 7.81. The fourth-order valence-electron chi connectivity index (χ4n) is 3.61. The van der Waals surface area contributed by atoms with Gasteiger partial charge in [0.25, 0.3) is 0 Å². The molecule has 0 amide bonds. The van der Waals surface area contributed by atoms with Crippen LogP contribution in [0.1, 0.15) is 42.5 Å². The highest BCUT2D eigenvalue weighted by molar-refractivity contribution is 5.89. The minimum absolute atomic E-state index is 0.264. The predicted molar refractivity (Wildman–Crippen MR) is 75.5 cm³/mol. The van der Waals surface area contributed by atoms with Gasteiger partial charge in [0, 0.05) is 18.8 Å². The maximum absolute atomic E-state index is 11.4. The van der Waals surface area contributed by atoms with Crippen molar-refractivity contribution >= 4 is 11.7 Å². The molecular weight excluding hydrogens is 238 g/mol. The van der Waals surface area contributed by atoms with E-state index in [-0.39, 0.29) is 5.97 Å². The van der Waals surface area contributed by atoms with Crippen LogP contribution in [-0.2, 0) is 4.74 Å². The summed E-state index contributed by atoms with van der Waals surface area (Å²) >= 11 is 0. The topological polar surface area (TPSA) is 29.5 Å². The molecular formula is C16H21NO2. The first-order valence-corrected chi connectivity index (χ1v) is 7.16. The van der Waals surface area contributed by atoms with Crippen molar-refractivity contribution in [2.24, 2.45) is 5.41 Å². The van der Waals surface area contributed by atoms with E-state index in [1.165, 1.54) is 51.4 Å². The molecule has 3 rings (SSSR count). The predicted octanol–water partition coefficient (Wildman–Crippen LogP) is 3.24. The van der Waals surface area contributed by atoms with E-state index in [1.54, 1.807) is 0 Å². The van der Waals surface area contributed by atoms with Crippen molar-refractivity contribution in [3.8, 4) is 0 Å². The molecule has 0 bridgehead atoms. The molecule has 1 aliphatic heterocycles. The Hall–Kier alpha value is -1.51. The number of rotatable bonds is 2. The normalized spacial score (nSPS) is 21.0. The lowest BCUT2D eigenvalue weighted by atomic mass is 9.86. The van der Waals surface area contributed by atoms with Crippen LogP contribution in [0, 0.1) is 5.41 Å². The van der Waals surface area contributed by atoms with Crippen molar-refractivity contribution in [3.63, 3.8) is 0 Å². The smallest absolute Gasteiger partial charge is 0.337 e. The Morgan fingerprint density at radius 3 is 2.47 bits per heavy atom. The van der Waals surface area contributed by atoms with Crippen LogP contribution >= 0.6 is 0 Å². The molecule has 0 radical (unpaired) electrons. The fraction of sp³-hybridized carbons (Fsp3) is 0.562. The van der Waals surface area contributed by atoms with E-state index in [2.05, 4.69) is 4.90 Å². The first-order chi connectivity index (χ1) is 9.22. The van der Waals surface area contributed by atoms with E-state index < -0.39 is 0 Å². The zero-order chi connectivity index (χ0) is 13.3. The van der Waals surface area contributed by atoms with Gasteiger partial charge in [-0.1, -0.05) is 12.8 Å². The number of esters is 1. The van der Waals surface area contributed by atoms with E-state index in [1.807, 2.05) is 24.3 Å². The highest BCUT2D eigenvalue weighted by atomic mass is 16.5. The number of methoxy groups -OCH3 is 1. The second-order valence-corrected chi connectivity index (χ2v) is 5.92. The average Bonchev–Trinajstić information content (AvgIpc) is 3.09. The number of anilines is 1. The summed E-state index contributed by atoms with van der Waals surface area (Å²) in [5, 5.41) is 0. The van der Waals surface area contributed by atoms with Gasteiger partial charge >= 0.3 is 5.97 Å². The zero-order valence-electron chi connectivity index (χ0n) is 11.5. The van der Waals surface area contributed by atoms with E-state index in [9.17, 15) is 4.79 Å². The summed E-state index contributed by atoms with van der Waals surface area (Å²) in [5.41, 5.74) is 2.44. The van der Waals surface area contributed by atoms with Crippen molar-refractivity contribution in [3.05, 3.63) is 29.8 Å². The van der Waals surface area contributed by atoms with Crippen molar-refractivity contribution < 1.29 is 9.53 Å². The Labute approximate surface area is 114 Å². The molecule has 1 saturated carbocycles. The van der Waals surface area contributed by atoms with Crippen LogP contribution in [0.5, 0.6) is 0 Å². The quantitative estimate of drug-likeness (QED) is 0.764. The number of ether oxygens (including phenoxy) is 1. The SMILES string of the molecule is COC(=O)c1ccc(N2CCC3(CCCC3)C2)cc1. The van der Waals surface area contributed by atoms with Gasteiger partial charge < -0.3 is 9.64 Å². The van der Waals surface area contributed by atoms with Crippen molar-refractivity contribution in [2.75, 3.05) is 25.1 Å². The molecule has 2 aliphatic rings. The molecule has 102 valence electrons. The number of nitrogens with zero attached hydrogens (tertiary/aromatic N) is 1.